The summed E-state index contributed by atoms with van der Waals surface area (Å²) in [7, 11) is 0. The number of thiazole rings is 1. The number of para-hydroxylation sites is 1. The molecule has 0 saturated carbocycles. The van der Waals surface area contributed by atoms with Crippen molar-refractivity contribution >= 4 is 51.8 Å². The first-order chi connectivity index (χ1) is 7.70. The van der Waals surface area contributed by atoms with Gasteiger partial charge in [-0.15, -0.1) is 0 Å². The normalized spacial score (nSPS) is 10.1. The predicted molar refractivity (Wildman–Crippen MR) is 71.7 cm³/mol. The van der Waals surface area contributed by atoms with Crippen molar-refractivity contribution in [2.45, 2.75) is 0 Å². The predicted octanol–water partition coefficient (Wildman–Crippen LogP) is 4.01. The highest BCUT2D eigenvalue weighted by Gasteiger charge is 2.11. The molecule has 2 rings (SSSR count). The number of carbonyl (C=O) groups excluding carboxylic acids is 1. The molecule has 1 aromatic carbocycles. The zero-order valence-corrected chi connectivity index (χ0v) is 11.5. The Morgan fingerprint density at radius 2 is 2.19 bits per heavy atom. The van der Waals surface area contributed by atoms with E-state index in [0.717, 1.165) is 14.9 Å². The van der Waals surface area contributed by atoms with Crippen LogP contribution in [0.3, 0.4) is 0 Å². The van der Waals surface area contributed by atoms with E-state index in [1.807, 2.05) is 24.3 Å². The van der Waals surface area contributed by atoms with Gasteiger partial charge in [0.2, 0.25) is 0 Å². The molecule has 0 unspecified atom stereocenters. The van der Waals surface area contributed by atoms with Crippen molar-refractivity contribution in [3.63, 3.8) is 0 Å². The van der Waals surface area contributed by atoms with Gasteiger partial charge in [0.05, 0.1) is 3.57 Å². The summed E-state index contributed by atoms with van der Waals surface area (Å²) < 4.78 is 6.50. The summed E-state index contributed by atoms with van der Waals surface area (Å²) in [6.45, 7) is 0. The molecule has 6 heteroatoms. The van der Waals surface area contributed by atoms with Crippen molar-refractivity contribution < 1.29 is 9.53 Å². The number of halogens is 2. The summed E-state index contributed by atoms with van der Waals surface area (Å²) in [5.74, 6) is 0.700. The first-order valence-corrected chi connectivity index (χ1v) is 6.52. The Morgan fingerprint density at radius 3 is 2.81 bits per heavy atom. The monoisotopic (exact) mass is 365 g/mol. The number of aromatic nitrogens is 1. The van der Waals surface area contributed by atoms with Crippen LogP contribution in [0.25, 0.3) is 0 Å². The summed E-state index contributed by atoms with van der Waals surface area (Å²) in [5.41, 5.74) is 0. The molecule has 0 amide bonds. The Balaban J connectivity index is 2.27. The van der Waals surface area contributed by atoms with Crippen LogP contribution in [-0.2, 0) is 0 Å². The Hall–Kier alpha value is -0.660. The van der Waals surface area contributed by atoms with Crippen LogP contribution in [0.2, 0.25) is 5.15 Å². The van der Waals surface area contributed by atoms with Crippen LogP contribution in [0.4, 0.5) is 0 Å². The quantitative estimate of drug-likeness (QED) is 0.609. The largest absolute Gasteiger partial charge is 0.430 e. The molecule has 0 atom stereocenters. The van der Waals surface area contributed by atoms with Crippen molar-refractivity contribution in [1.82, 2.24) is 4.98 Å². The molecule has 0 N–H and O–H groups in total. The second-order valence-corrected chi connectivity index (χ2v) is 5.30. The lowest BCUT2D eigenvalue weighted by Gasteiger charge is -2.02. The van der Waals surface area contributed by atoms with Gasteiger partial charge in [-0.3, -0.25) is 4.79 Å². The van der Waals surface area contributed by atoms with Gasteiger partial charge < -0.3 is 4.74 Å². The number of nitrogens with zero attached hydrogens (tertiary/aromatic N) is 1. The molecule has 0 aliphatic heterocycles. The van der Waals surface area contributed by atoms with E-state index in [4.69, 9.17) is 16.3 Å². The highest BCUT2D eigenvalue weighted by atomic mass is 127. The zero-order chi connectivity index (χ0) is 11.5. The van der Waals surface area contributed by atoms with Gasteiger partial charge in [0.25, 0.3) is 5.19 Å². The third-order valence-corrected chi connectivity index (χ3v) is 3.88. The number of hydrogen-bond donors (Lipinski definition) is 0. The van der Waals surface area contributed by atoms with E-state index < -0.39 is 0 Å². The minimum Gasteiger partial charge on any atom is -0.430 e. The van der Waals surface area contributed by atoms with Gasteiger partial charge in [-0.1, -0.05) is 35.1 Å². The molecule has 2 aromatic rings. The van der Waals surface area contributed by atoms with E-state index >= 15 is 0 Å². The molecule has 16 heavy (non-hydrogen) atoms. The SMILES string of the molecule is O=Cc1sc(Oc2ccccc2I)nc1Cl. The second kappa shape index (κ2) is 5.11. The van der Waals surface area contributed by atoms with Gasteiger partial charge >= 0.3 is 0 Å². The molecule has 1 aromatic heterocycles. The lowest BCUT2D eigenvalue weighted by molar-refractivity contribution is 0.112. The molecular weight excluding hydrogens is 361 g/mol. The summed E-state index contributed by atoms with van der Waals surface area (Å²) in [6.07, 6.45) is 0.669. The highest BCUT2D eigenvalue weighted by molar-refractivity contribution is 14.1. The van der Waals surface area contributed by atoms with Crippen LogP contribution >= 0.6 is 45.5 Å². The molecule has 0 aliphatic carbocycles. The first-order valence-electron chi connectivity index (χ1n) is 4.24. The lowest BCUT2D eigenvalue weighted by Crippen LogP contribution is -1.85. The van der Waals surface area contributed by atoms with Crippen molar-refractivity contribution in [2.75, 3.05) is 0 Å². The smallest absolute Gasteiger partial charge is 0.280 e. The summed E-state index contributed by atoms with van der Waals surface area (Å²) >= 11 is 9.02. The van der Waals surface area contributed by atoms with Gasteiger partial charge in [0.15, 0.2) is 11.4 Å². The molecule has 0 fully saturated rings. The van der Waals surface area contributed by atoms with Crippen LogP contribution in [-0.4, -0.2) is 11.3 Å². The molecule has 1 heterocycles. The molecule has 0 spiro atoms. The number of ether oxygens (including phenoxy) is 1. The minimum absolute atomic E-state index is 0.181. The van der Waals surface area contributed by atoms with E-state index in [1.165, 1.54) is 0 Å². The molecule has 0 saturated heterocycles. The van der Waals surface area contributed by atoms with E-state index in [-0.39, 0.29) is 5.15 Å². The van der Waals surface area contributed by atoms with Gasteiger partial charge in [-0.25, -0.2) is 0 Å². The molecule has 0 aliphatic rings. The number of carbonyl (C=O) groups is 1. The molecule has 0 radical (unpaired) electrons. The van der Waals surface area contributed by atoms with E-state index in [9.17, 15) is 4.79 Å². The highest BCUT2D eigenvalue weighted by Crippen LogP contribution is 2.32. The average molecular weight is 366 g/mol. The minimum atomic E-state index is 0.181. The maximum Gasteiger partial charge on any atom is 0.280 e. The summed E-state index contributed by atoms with van der Waals surface area (Å²) in [6, 6.07) is 7.54. The van der Waals surface area contributed by atoms with Crippen molar-refractivity contribution in [2.24, 2.45) is 0 Å². The lowest BCUT2D eigenvalue weighted by atomic mass is 10.3. The van der Waals surface area contributed by atoms with Crippen LogP contribution in [0, 0.1) is 3.57 Å². The van der Waals surface area contributed by atoms with E-state index in [0.29, 0.717) is 22.1 Å². The summed E-state index contributed by atoms with van der Waals surface area (Å²) in [5, 5.41) is 0.553. The number of benzene rings is 1. The molecule has 3 nitrogen and oxygen atoms in total. The van der Waals surface area contributed by atoms with Gasteiger partial charge in [-0.05, 0) is 34.7 Å². The van der Waals surface area contributed by atoms with Crippen LogP contribution in [0.1, 0.15) is 9.67 Å². The van der Waals surface area contributed by atoms with Crippen molar-refractivity contribution in [1.29, 1.82) is 0 Å². The maximum atomic E-state index is 10.6. The number of aldehydes is 1. The average Bonchev–Trinajstić information content (AvgIpc) is 2.62. The fourth-order valence-corrected chi connectivity index (χ4v) is 2.45. The first kappa shape index (κ1) is 11.8. The fourth-order valence-electron chi connectivity index (χ4n) is 1.03. The molecule has 0 bridgehead atoms. The van der Waals surface area contributed by atoms with Crippen molar-refractivity contribution in [3.05, 3.63) is 37.9 Å². The summed E-state index contributed by atoms with van der Waals surface area (Å²) in [4.78, 5) is 14.9. The Bertz CT molecular complexity index is 529. The number of hydrogen-bond acceptors (Lipinski definition) is 4. The third kappa shape index (κ3) is 2.53. The third-order valence-electron chi connectivity index (χ3n) is 1.73. The second-order valence-electron chi connectivity index (χ2n) is 2.79. The van der Waals surface area contributed by atoms with E-state index in [2.05, 4.69) is 27.6 Å². The Labute approximate surface area is 115 Å². The molecule has 82 valence electrons. The standard InChI is InChI=1S/C10H5ClINO2S/c11-9-8(5-14)16-10(13-9)15-7-4-2-1-3-6(7)12/h1-5H. The molecular formula is C10H5ClINO2S. The maximum absolute atomic E-state index is 10.6. The fraction of sp³-hybridized carbons (Fsp3) is 0. The Morgan fingerprint density at radius 1 is 1.44 bits per heavy atom. The van der Waals surface area contributed by atoms with Gasteiger partial charge in [0.1, 0.15) is 10.6 Å². The van der Waals surface area contributed by atoms with Crippen LogP contribution < -0.4 is 4.74 Å². The topological polar surface area (TPSA) is 39.2 Å². The van der Waals surface area contributed by atoms with Crippen LogP contribution in [0.5, 0.6) is 10.9 Å². The van der Waals surface area contributed by atoms with Gasteiger partial charge in [-0.2, -0.15) is 4.98 Å². The van der Waals surface area contributed by atoms with Crippen LogP contribution in [0.15, 0.2) is 24.3 Å². The van der Waals surface area contributed by atoms with E-state index in [1.54, 1.807) is 0 Å². The number of rotatable bonds is 3. The zero-order valence-electron chi connectivity index (χ0n) is 7.81. The van der Waals surface area contributed by atoms with Gasteiger partial charge in [0, 0.05) is 0 Å². The van der Waals surface area contributed by atoms with Crippen molar-refractivity contribution in [3.8, 4) is 10.9 Å². The Kier molecular flexibility index (Phi) is 3.78.